The van der Waals surface area contributed by atoms with Gasteiger partial charge in [0.15, 0.2) is 5.78 Å². The summed E-state index contributed by atoms with van der Waals surface area (Å²) in [6, 6.07) is 1.91. The number of carbonyl (C=O) groups is 1. The Kier molecular flexibility index (Phi) is 2.12. The lowest BCUT2D eigenvalue weighted by molar-refractivity contribution is -0.114. The summed E-state index contributed by atoms with van der Waals surface area (Å²) >= 11 is 0. The fourth-order valence-electron chi connectivity index (χ4n) is 1.33. The molecule has 13 heavy (non-hydrogen) atoms. The molecule has 0 fully saturated rings. The molecule has 1 aromatic heterocycles. The minimum absolute atomic E-state index is 0.215. The van der Waals surface area contributed by atoms with E-state index in [2.05, 4.69) is 15.5 Å². The molecular formula is C9H11N3O. The summed E-state index contributed by atoms with van der Waals surface area (Å²) in [4.78, 5) is 10.9. The van der Waals surface area contributed by atoms with Crippen LogP contribution in [0.15, 0.2) is 24.0 Å². The number of hydrogen-bond donors (Lipinski definition) is 2. The van der Waals surface area contributed by atoms with Crippen LogP contribution in [0.5, 0.6) is 0 Å². The first-order valence-corrected chi connectivity index (χ1v) is 4.30. The minimum atomic E-state index is 0.215. The van der Waals surface area contributed by atoms with Gasteiger partial charge in [-0.2, -0.15) is 5.10 Å². The fraction of sp³-hybridized carbons (Fsp3) is 0.333. The number of aromatic nitrogens is 2. The molecule has 0 aromatic carbocycles. The van der Waals surface area contributed by atoms with Crippen molar-refractivity contribution >= 4 is 5.78 Å². The lowest BCUT2D eigenvalue weighted by Crippen LogP contribution is -2.11. The van der Waals surface area contributed by atoms with Crippen molar-refractivity contribution in [1.29, 1.82) is 0 Å². The lowest BCUT2D eigenvalue weighted by atomic mass is 10.3. The van der Waals surface area contributed by atoms with E-state index in [-0.39, 0.29) is 5.78 Å². The number of H-pyrrole nitrogens is 1. The number of ketones is 1. The second-order valence-corrected chi connectivity index (χ2v) is 3.07. The molecule has 1 aromatic rings. The van der Waals surface area contributed by atoms with Crippen molar-refractivity contribution in [3.8, 4) is 0 Å². The van der Waals surface area contributed by atoms with Gasteiger partial charge in [0.25, 0.3) is 0 Å². The Labute approximate surface area is 76.0 Å². The maximum atomic E-state index is 10.9. The van der Waals surface area contributed by atoms with Crippen LogP contribution in [0.2, 0.25) is 0 Å². The summed E-state index contributed by atoms with van der Waals surface area (Å²) in [5, 5.41) is 9.86. The molecule has 68 valence electrons. The molecule has 2 rings (SSSR count). The summed E-state index contributed by atoms with van der Waals surface area (Å²) in [6.07, 6.45) is 4.87. The molecular weight excluding hydrogens is 166 g/mol. The van der Waals surface area contributed by atoms with E-state index in [1.54, 1.807) is 12.3 Å². The fourth-order valence-corrected chi connectivity index (χ4v) is 1.33. The van der Waals surface area contributed by atoms with Crippen molar-refractivity contribution in [3.05, 3.63) is 29.7 Å². The number of nitrogens with zero attached hydrogens (tertiary/aromatic N) is 1. The molecule has 0 saturated carbocycles. The molecule has 2 N–H and O–H groups in total. The van der Waals surface area contributed by atoms with E-state index in [1.807, 2.05) is 6.07 Å². The van der Waals surface area contributed by atoms with Gasteiger partial charge < -0.3 is 5.32 Å². The van der Waals surface area contributed by atoms with E-state index >= 15 is 0 Å². The Morgan fingerprint density at radius 2 is 2.46 bits per heavy atom. The third kappa shape index (κ3) is 1.96. The first-order valence-electron chi connectivity index (χ1n) is 4.30. The van der Waals surface area contributed by atoms with Crippen LogP contribution in [-0.2, 0) is 11.3 Å². The van der Waals surface area contributed by atoms with Crippen molar-refractivity contribution in [1.82, 2.24) is 15.5 Å². The van der Waals surface area contributed by atoms with E-state index in [1.165, 1.54) is 0 Å². The Morgan fingerprint density at radius 3 is 3.08 bits per heavy atom. The molecule has 0 unspecified atom stereocenters. The number of aromatic amines is 1. The van der Waals surface area contributed by atoms with E-state index in [9.17, 15) is 4.79 Å². The molecule has 4 heteroatoms. The molecule has 0 radical (unpaired) electrons. The molecule has 0 bridgehead atoms. The highest BCUT2D eigenvalue weighted by Gasteiger charge is 2.10. The molecule has 1 aliphatic rings. The van der Waals surface area contributed by atoms with Gasteiger partial charge in [-0.3, -0.25) is 9.89 Å². The summed E-state index contributed by atoms with van der Waals surface area (Å²) in [5.41, 5.74) is 2.06. The summed E-state index contributed by atoms with van der Waals surface area (Å²) in [5.74, 6) is 0.215. The first kappa shape index (κ1) is 8.04. The van der Waals surface area contributed by atoms with Crippen molar-refractivity contribution in [2.24, 2.45) is 0 Å². The Bertz CT molecular complexity index is 327. The largest absolute Gasteiger partial charge is 0.383 e. The van der Waals surface area contributed by atoms with Gasteiger partial charge in [0.05, 0.1) is 12.2 Å². The summed E-state index contributed by atoms with van der Waals surface area (Å²) in [6.45, 7) is 0.707. The van der Waals surface area contributed by atoms with Gasteiger partial charge >= 0.3 is 0 Å². The molecule has 1 aliphatic carbocycles. The Hall–Kier alpha value is -1.58. The molecule has 0 spiro atoms. The van der Waals surface area contributed by atoms with Crippen molar-refractivity contribution in [3.63, 3.8) is 0 Å². The number of carbonyl (C=O) groups excluding carboxylic acids is 1. The summed E-state index contributed by atoms with van der Waals surface area (Å²) < 4.78 is 0. The van der Waals surface area contributed by atoms with Crippen molar-refractivity contribution < 1.29 is 4.79 Å². The van der Waals surface area contributed by atoms with E-state index in [0.717, 1.165) is 17.8 Å². The molecule has 0 atom stereocenters. The third-order valence-electron chi connectivity index (χ3n) is 2.04. The quantitative estimate of drug-likeness (QED) is 0.716. The normalized spacial score (nSPS) is 16.0. The average molecular weight is 177 g/mol. The van der Waals surface area contributed by atoms with Gasteiger partial charge in [-0.1, -0.05) is 0 Å². The molecule has 0 amide bonds. The van der Waals surface area contributed by atoms with E-state index in [0.29, 0.717) is 13.0 Å². The van der Waals surface area contributed by atoms with Crippen molar-refractivity contribution in [2.45, 2.75) is 19.4 Å². The van der Waals surface area contributed by atoms with Crippen LogP contribution in [0.4, 0.5) is 0 Å². The maximum Gasteiger partial charge on any atom is 0.157 e. The van der Waals surface area contributed by atoms with Crippen LogP contribution in [0.1, 0.15) is 18.5 Å². The van der Waals surface area contributed by atoms with E-state index < -0.39 is 0 Å². The minimum Gasteiger partial charge on any atom is -0.383 e. The maximum absolute atomic E-state index is 10.9. The monoisotopic (exact) mass is 177 g/mol. The van der Waals surface area contributed by atoms with Crippen LogP contribution in [-0.4, -0.2) is 16.0 Å². The average Bonchev–Trinajstić information content (AvgIpc) is 2.71. The first-order chi connectivity index (χ1) is 6.34. The van der Waals surface area contributed by atoms with Gasteiger partial charge in [-0.25, -0.2) is 0 Å². The van der Waals surface area contributed by atoms with Crippen LogP contribution in [0.25, 0.3) is 0 Å². The molecule has 4 nitrogen and oxygen atoms in total. The SMILES string of the molecule is O=C1C=C(NCc2ccn[nH]2)CC1. The molecule has 0 saturated heterocycles. The topological polar surface area (TPSA) is 57.8 Å². The van der Waals surface area contributed by atoms with Crippen LogP contribution in [0, 0.1) is 0 Å². The predicted molar refractivity (Wildman–Crippen MR) is 47.8 cm³/mol. The van der Waals surface area contributed by atoms with Gasteiger partial charge in [0.1, 0.15) is 0 Å². The van der Waals surface area contributed by atoms with E-state index in [4.69, 9.17) is 0 Å². The smallest absolute Gasteiger partial charge is 0.157 e. The molecule has 1 heterocycles. The van der Waals surface area contributed by atoms with Gasteiger partial charge in [-0.05, 0) is 12.5 Å². The van der Waals surface area contributed by atoms with Crippen LogP contribution >= 0.6 is 0 Å². The van der Waals surface area contributed by atoms with Crippen molar-refractivity contribution in [2.75, 3.05) is 0 Å². The van der Waals surface area contributed by atoms with Gasteiger partial charge in [0.2, 0.25) is 0 Å². The van der Waals surface area contributed by atoms with Gasteiger partial charge in [0, 0.05) is 24.4 Å². The zero-order valence-corrected chi connectivity index (χ0v) is 7.21. The lowest BCUT2D eigenvalue weighted by Gasteiger charge is -2.03. The highest BCUT2D eigenvalue weighted by molar-refractivity contribution is 5.92. The number of nitrogens with one attached hydrogen (secondary N) is 2. The highest BCUT2D eigenvalue weighted by atomic mass is 16.1. The zero-order valence-electron chi connectivity index (χ0n) is 7.21. The van der Waals surface area contributed by atoms with Crippen LogP contribution in [0.3, 0.4) is 0 Å². The zero-order chi connectivity index (χ0) is 9.10. The van der Waals surface area contributed by atoms with Crippen LogP contribution < -0.4 is 5.32 Å². The third-order valence-corrected chi connectivity index (χ3v) is 2.04. The summed E-state index contributed by atoms with van der Waals surface area (Å²) in [7, 11) is 0. The Morgan fingerprint density at radius 1 is 1.54 bits per heavy atom. The highest BCUT2D eigenvalue weighted by Crippen LogP contribution is 2.11. The second kappa shape index (κ2) is 3.43. The number of allylic oxidation sites excluding steroid dienone is 2. The Balaban J connectivity index is 1.87. The van der Waals surface area contributed by atoms with Gasteiger partial charge in [-0.15, -0.1) is 0 Å². The number of hydrogen-bond acceptors (Lipinski definition) is 3. The predicted octanol–water partition coefficient (Wildman–Crippen LogP) is 0.746. The second-order valence-electron chi connectivity index (χ2n) is 3.07. The molecule has 0 aliphatic heterocycles. The number of rotatable bonds is 3. The standard InChI is InChI=1S/C9H11N3O/c13-9-2-1-7(5-9)10-6-8-3-4-11-12-8/h3-5,10H,1-2,6H2,(H,11,12).